The van der Waals surface area contributed by atoms with Crippen LogP contribution in [-0.2, 0) is 4.79 Å². The van der Waals surface area contributed by atoms with Gasteiger partial charge in [0.15, 0.2) is 0 Å². The van der Waals surface area contributed by atoms with Gasteiger partial charge >= 0.3 is 0 Å². The smallest absolute Gasteiger partial charge is 0.234 e. The average molecular weight is 400 g/mol. The molecule has 1 aliphatic rings. The van der Waals surface area contributed by atoms with Crippen LogP contribution in [0.4, 0.5) is 17.2 Å². The largest absolute Gasteiger partial charge is 0.378 e. The fourth-order valence-electron chi connectivity index (χ4n) is 3.47. The van der Waals surface area contributed by atoms with Gasteiger partial charge in [-0.05, 0) is 49.9 Å². The molecule has 0 bridgehead atoms. The summed E-state index contributed by atoms with van der Waals surface area (Å²) in [5, 5.41) is 3.78. The van der Waals surface area contributed by atoms with Gasteiger partial charge < -0.3 is 15.1 Å². The van der Waals surface area contributed by atoms with Crippen LogP contribution in [0.2, 0.25) is 0 Å². The van der Waals surface area contributed by atoms with Crippen molar-refractivity contribution in [3.05, 3.63) is 36.7 Å². The summed E-state index contributed by atoms with van der Waals surface area (Å²) in [6.45, 7) is 3.28. The van der Waals surface area contributed by atoms with Crippen molar-refractivity contribution in [3.63, 3.8) is 0 Å². The quantitative estimate of drug-likeness (QED) is 0.560. The molecule has 0 spiro atoms. The first-order valence-corrected chi connectivity index (χ1v) is 10.8. The maximum Gasteiger partial charge on any atom is 0.234 e. The fourth-order valence-corrected chi connectivity index (χ4v) is 4.13. The van der Waals surface area contributed by atoms with Gasteiger partial charge in [0.25, 0.3) is 0 Å². The van der Waals surface area contributed by atoms with Gasteiger partial charge in [-0.1, -0.05) is 18.7 Å². The molecular weight excluding hydrogens is 370 g/mol. The predicted octanol–water partition coefficient (Wildman–Crippen LogP) is 4.04. The van der Waals surface area contributed by atoms with E-state index in [1.807, 2.05) is 49.3 Å². The summed E-state index contributed by atoms with van der Waals surface area (Å²) in [6.07, 6.45) is 6.45. The van der Waals surface area contributed by atoms with Crippen molar-refractivity contribution in [2.45, 2.75) is 43.7 Å². The second kappa shape index (κ2) is 9.78. The van der Waals surface area contributed by atoms with Crippen LogP contribution in [0.1, 0.15) is 32.6 Å². The van der Waals surface area contributed by atoms with Gasteiger partial charge in [-0.25, -0.2) is 9.97 Å². The molecule has 0 radical (unpaired) electrons. The van der Waals surface area contributed by atoms with E-state index in [1.54, 1.807) is 6.33 Å². The molecule has 1 saturated heterocycles. The van der Waals surface area contributed by atoms with E-state index in [-0.39, 0.29) is 5.91 Å². The highest BCUT2D eigenvalue weighted by Gasteiger charge is 2.22. The Morgan fingerprint density at radius 1 is 1.25 bits per heavy atom. The molecule has 0 aliphatic carbocycles. The molecule has 7 heteroatoms. The van der Waals surface area contributed by atoms with Crippen LogP contribution >= 0.6 is 11.8 Å². The third kappa shape index (κ3) is 5.38. The molecule has 1 amide bonds. The molecule has 0 saturated carbocycles. The second-order valence-electron chi connectivity index (χ2n) is 7.24. The summed E-state index contributed by atoms with van der Waals surface area (Å²) < 4.78 is 0. The van der Waals surface area contributed by atoms with Crippen LogP contribution in [-0.4, -0.2) is 48.3 Å². The van der Waals surface area contributed by atoms with Crippen molar-refractivity contribution < 1.29 is 4.79 Å². The molecule has 150 valence electrons. The van der Waals surface area contributed by atoms with Crippen LogP contribution in [0, 0.1) is 0 Å². The Hall–Kier alpha value is -2.28. The minimum atomic E-state index is -0.0350. The van der Waals surface area contributed by atoms with Gasteiger partial charge in [0.05, 0.1) is 5.75 Å². The predicted molar refractivity (Wildman–Crippen MR) is 117 cm³/mol. The number of thioether (sulfide) groups is 1. The van der Waals surface area contributed by atoms with Crippen LogP contribution in [0.25, 0.3) is 0 Å². The number of carbonyl (C=O) groups excluding carboxylic acids is 1. The van der Waals surface area contributed by atoms with Crippen molar-refractivity contribution in [1.82, 2.24) is 9.97 Å². The second-order valence-corrected chi connectivity index (χ2v) is 8.24. The number of hydrogen-bond acceptors (Lipinski definition) is 6. The summed E-state index contributed by atoms with van der Waals surface area (Å²) in [5.41, 5.74) is 1.91. The zero-order valence-corrected chi connectivity index (χ0v) is 17.7. The standard InChI is InChI=1S/C21H29N5OS/c1-4-17-7-5-6-12-26(17)19-13-21(23-15-22-19)28-14-20(27)24-16-8-10-18(11-9-16)25(2)3/h8-11,13,15,17H,4-7,12,14H2,1-3H3,(H,24,27). The van der Waals surface area contributed by atoms with E-state index in [0.717, 1.165) is 35.2 Å². The van der Waals surface area contributed by atoms with Crippen LogP contribution < -0.4 is 15.1 Å². The molecule has 2 heterocycles. The zero-order chi connectivity index (χ0) is 19.9. The summed E-state index contributed by atoms with van der Waals surface area (Å²) in [4.78, 5) is 25.5. The van der Waals surface area contributed by atoms with E-state index in [1.165, 1.54) is 31.0 Å². The summed E-state index contributed by atoms with van der Waals surface area (Å²) in [7, 11) is 3.99. The van der Waals surface area contributed by atoms with Gasteiger partial charge in [-0.15, -0.1) is 0 Å². The first-order chi connectivity index (χ1) is 13.6. The fraction of sp³-hybridized carbons (Fsp3) is 0.476. The molecule has 2 aromatic rings. The molecule has 3 rings (SSSR count). The number of benzene rings is 1. The minimum Gasteiger partial charge on any atom is -0.378 e. The molecule has 1 aromatic heterocycles. The van der Waals surface area contributed by atoms with Crippen LogP contribution in [0.3, 0.4) is 0 Å². The van der Waals surface area contributed by atoms with Gasteiger partial charge in [0.1, 0.15) is 17.2 Å². The molecule has 28 heavy (non-hydrogen) atoms. The van der Waals surface area contributed by atoms with Gasteiger partial charge in [-0.2, -0.15) is 0 Å². The maximum absolute atomic E-state index is 12.3. The van der Waals surface area contributed by atoms with E-state index >= 15 is 0 Å². The number of rotatable bonds is 7. The molecule has 6 nitrogen and oxygen atoms in total. The van der Waals surface area contributed by atoms with Crippen molar-refractivity contribution in [2.24, 2.45) is 0 Å². The first-order valence-electron chi connectivity index (χ1n) is 9.85. The Morgan fingerprint density at radius 2 is 2.04 bits per heavy atom. The normalized spacial score (nSPS) is 16.7. The number of amides is 1. The Morgan fingerprint density at radius 3 is 2.75 bits per heavy atom. The number of hydrogen-bond donors (Lipinski definition) is 1. The third-order valence-corrected chi connectivity index (χ3v) is 5.96. The van der Waals surface area contributed by atoms with Crippen molar-refractivity contribution >= 4 is 34.9 Å². The van der Waals surface area contributed by atoms with Crippen molar-refractivity contribution in [2.75, 3.05) is 41.5 Å². The Kier molecular flexibility index (Phi) is 7.14. The maximum atomic E-state index is 12.3. The lowest BCUT2D eigenvalue weighted by Crippen LogP contribution is -2.39. The lowest BCUT2D eigenvalue weighted by Gasteiger charge is -2.36. The van der Waals surface area contributed by atoms with Crippen molar-refractivity contribution in [3.8, 4) is 0 Å². The zero-order valence-electron chi connectivity index (χ0n) is 16.9. The highest BCUT2D eigenvalue weighted by Crippen LogP contribution is 2.27. The van der Waals surface area contributed by atoms with Crippen LogP contribution in [0.15, 0.2) is 41.7 Å². The van der Waals surface area contributed by atoms with E-state index in [9.17, 15) is 4.79 Å². The Balaban J connectivity index is 1.56. The number of anilines is 3. The highest BCUT2D eigenvalue weighted by atomic mass is 32.2. The number of carbonyl (C=O) groups is 1. The summed E-state index contributed by atoms with van der Waals surface area (Å²) in [5.74, 6) is 1.26. The lowest BCUT2D eigenvalue weighted by molar-refractivity contribution is -0.113. The SMILES string of the molecule is CCC1CCCCN1c1cc(SCC(=O)Nc2ccc(N(C)C)cc2)ncn1. The monoisotopic (exact) mass is 399 g/mol. The van der Waals surface area contributed by atoms with Crippen LogP contribution in [0.5, 0.6) is 0 Å². The average Bonchev–Trinajstić information content (AvgIpc) is 2.73. The number of aromatic nitrogens is 2. The Bertz CT molecular complexity index is 781. The first kappa shape index (κ1) is 20.5. The van der Waals surface area contributed by atoms with Crippen molar-refractivity contribution in [1.29, 1.82) is 0 Å². The molecule has 1 unspecified atom stereocenters. The molecule has 1 aliphatic heterocycles. The molecule has 1 fully saturated rings. The molecule has 1 N–H and O–H groups in total. The van der Waals surface area contributed by atoms with E-state index in [0.29, 0.717) is 11.8 Å². The highest BCUT2D eigenvalue weighted by molar-refractivity contribution is 7.99. The number of piperidine rings is 1. The number of nitrogens with zero attached hydrogens (tertiary/aromatic N) is 4. The summed E-state index contributed by atoms with van der Waals surface area (Å²) >= 11 is 1.44. The van der Waals surface area contributed by atoms with Gasteiger partial charge in [0, 0.05) is 44.1 Å². The van der Waals surface area contributed by atoms with E-state index in [2.05, 4.69) is 27.1 Å². The number of nitrogens with one attached hydrogen (secondary N) is 1. The topological polar surface area (TPSA) is 61.4 Å². The molecular formula is C21H29N5OS. The molecule has 1 aromatic carbocycles. The van der Waals surface area contributed by atoms with Gasteiger partial charge in [0.2, 0.25) is 5.91 Å². The summed E-state index contributed by atoms with van der Waals surface area (Å²) in [6, 6.07) is 10.4. The molecule has 1 atom stereocenters. The Labute approximate surface area is 171 Å². The lowest BCUT2D eigenvalue weighted by atomic mass is 10.0. The van der Waals surface area contributed by atoms with E-state index in [4.69, 9.17) is 0 Å². The van der Waals surface area contributed by atoms with Gasteiger partial charge in [-0.3, -0.25) is 4.79 Å². The minimum absolute atomic E-state index is 0.0350. The van der Waals surface area contributed by atoms with E-state index < -0.39 is 0 Å². The third-order valence-electron chi connectivity index (χ3n) is 5.04.